The molecule has 0 saturated heterocycles. The van der Waals surface area contributed by atoms with Crippen LogP contribution in [0.25, 0.3) is 0 Å². The van der Waals surface area contributed by atoms with Gasteiger partial charge in [0.05, 0.1) is 13.2 Å². The maximum Gasteiger partial charge on any atom is 0.346 e. The van der Waals surface area contributed by atoms with E-state index in [1.54, 1.807) is 18.4 Å². The van der Waals surface area contributed by atoms with Gasteiger partial charge in [0.1, 0.15) is 4.88 Å². The Balaban J connectivity index is 2.40. The highest BCUT2D eigenvalue weighted by Crippen LogP contribution is 2.16. The van der Waals surface area contributed by atoms with Crippen LogP contribution in [0.4, 0.5) is 0 Å². The van der Waals surface area contributed by atoms with E-state index < -0.39 is 5.97 Å². The van der Waals surface area contributed by atoms with E-state index in [-0.39, 0.29) is 12.5 Å². The van der Waals surface area contributed by atoms with Gasteiger partial charge in [-0.3, -0.25) is 4.79 Å². The number of thiophene rings is 1. The van der Waals surface area contributed by atoms with Gasteiger partial charge in [0.15, 0.2) is 0 Å². The minimum atomic E-state index is -0.942. The molecule has 0 saturated carbocycles. The molecular formula is C10H13NO4S. The van der Waals surface area contributed by atoms with E-state index in [4.69, 9.17) is 9.84 Å². The van der Waals surface area contributed by atoms with E-state index in [0.717, 1.165) is 0 Å². The van der Waals surface area contributed by atoms with Crippen LogP contribution < -0.4 is 5.32 Å². The predicted molar refractivity (Wildman–Crippen MR) is 59.6 cm³/mol. The van der Waals surface area contributed by atoms with Crippen LogP contribution in [0.5, 0.6) is 0 Å². The molecule has 0 aliphatic heterocycles. The molecule has 88 valence electrons. The molecule has 0 fully saturated rings. The highest BCUT2D eigenvalue weighted by Gasteiger charge is 2.11. The standard InChI is InChI=1S/C10H13NO4S/c1-2-15-8(12)6-11-5-7-3-4-16-9(7)10(13)14/h3-4,11H,2,5-6H2,1H3,(H,13,14). The van der Waals surface area contributed by atoms with Gasteiger partial charge in [0, 0.05) is 6.54 Å². The molecule has 0 aliphatic rings. The number of rotatable bonds is 6. The average Bonchev–Trinajstić information content (AvgIpc) is 2.66. The summed E-state index contributed by atoms with van der Waals surface area (Å²) in [7, 11) is 0. The van der Waals surface area contributed by atoms with Crippen molar-refractivity contribution in [1.29, 1.82) is 0 Å². The van der Waals surface area contributed by atoms with Crippen molar-refractivity contribution in [1.82, 2.24) is 5.32 Å². The molecule has 1 aromatic rings. The van der Waals surface area contributed by atoms with Gasteiger partial charge in [0.2, 0.25) is 0 Å². The highest BCUT2D eigenvalue weighted by molar-refractivity contribution is 7.12. The van der Waals surface area contributed by atoms with Gasteiger partial charge in [0.25, 0.3) is 0 Å². The molecule has 1 rings (SSSR count). The number of hydrogen-bond acceptors (Lipinski definition) is 5. The normalized spacial score (nSPS) is 10.1. The summed E-state index contributed by atoms with van der Waals surface area (Å²) < 4.78 is 4.72. The van der Waals surface area contributed by atoms with Crippen LogP contribution in [0.2, 0.25) is 0 Å². The van der Waals surface area contributed by atoms with Crippen molar-refractivity contribution in [2.75, 3.05) is 13.2 Å². The first kappa shape index (κ1) is 12.7. The zero-order chi connectivity index (χ0) is 12.0. The lowest BCUT2D eigenvalue weighted by Crippen LogP contribution is -2.24. The first-order chi connectivity index (χ1) is 7.65. The molecule has 6 heteroatoms. The summed E-state index contributed by atoms with van der Waals surface area (Å²) >= 11 is 1.17. The lowest BCUT2D eigenvalue weighted by Gasteiger charge is -2.04. The Hall–Kier alpha value is -1.40. The molecular weight excluding hydrogens is 230 g/mol. The third-order valence-electron chi connectivity index (χ3n) is 1.83. The summed E-state index contributed by atoms with van der Waals surface area (Å²) in [5.41, 5.74) is 0.682. The maximum absolute atomic E-state index is 11.0. The maximum atomic E-state index is 11.0. The highest BCUT2D eigenvalue weighted by atomic mass is 32.1. The SMILES string of the molecule is CCOC(=O)CNCc1ccsc1C(=O)O. The van der Waals surface area contributed by atoms with Gasteiger partial charge in [-0.25, -0.2) is 4.79 Å². The van der Waals surface area contributed by atoms with Gasteiger partial charge in [-0.05, 0) is 23.9 Å². The Bertz CT molecular complexity index is 375. The number of ether oxygens (including phenoxy) is 1. The Labute approximate surface area is 97.0 Å². The van der Waals surface area contributed by atoms with Gasteiger partial charge >= 0.3 is 11.9 Å². The summed E-state index contributed by atoms with van der Waals surface area (Å²) in [5.74, 6) is -1.28. The summed E-state index contributed by atoms with van der Waals surface area (Å²) in [6.07, 6.45) is 0. The van der Waals surface area contributed by atoms with Crippen LogP contribution in [-0.4, -0.2) is 30.2 Å². The molecule has 5 nitrogen and oxygen atoms in total. The third kappa shape index (κ3) is 3.63. The van der Waals surface area contributed by atoms with Crippen LogP contribution in [0, 0.1) is 0 Å². The molecule has 1 heterocycles. The van der Waals surface area contributed by atoms with E-state index >= 15 is 0 Å². The first-order valence-corrected chi connectivity index (χ1v) is 5.69. The number of carboxylic acid groups (broad SMARTS) is 1. The van der Waals surface area contributed by atoms with E-state index in [0.29, 0.717) is 23.6 Å². The molecule has 0 amide bonds. The van der Waals surface area contributed by atoms with Crippen LogP contribution in [0.1, 0.15) is 22.2 Å². The fourth-order valence-electron chi connectivity index (χ4n) is 1.17. The molecule has 0 spiro atoms. The predicted octanol–water partition coefficient (Wildman–Crippen LogP) is 1.10. The fraction of sp³-hybridized carbons (Fsp3) is 0.400. The van der Waals surface area contributed by atoms with Crippen LogP contribution in [0.15, 0.2) is 11.4 Å². The second-order valence-electron chi connectivity index (χ2n) is 2.99. The molecule has 0 aromatic carbocycles. The smallest absolute Gasteiger partial charge is 0.346 e. The lowest BCUT2D eigenvalue weighted by atomic mass is 10.2. The fourth-order valence-corrected chi connectivity index (χ4v) is 1.93. The monoisotopic (exact) mass is 243 g/mol. The Morgan fingerprint density at radius 1 is 1.56 bits per heavy atom. The third-order valence-corrected chi connectivity index (χ3v) is 2.78. The van der Waals surface area contributed by atoms with E-state index in [9.17, 15) is 9.59 Å². The molecule has 0 bridgehead atoms. The Kier molecular flexibility index (Phi) is 4.94. The minimum absolute atomic E-state index is 0.0861. The topological polar surface area (TPSA) is 75.6 Å². The molecule has 2 N–H and O–H groups in total. The van der Waals surface area contributed by atoms with Gasteiger partial charge < -0.3 is 15.2 Å². The van der Waals surface area contributed by atoms with Crippen molar-refractivity contribution in [3.63, 3.8) is 0 Å². The lowest BCUT2D eigenvalue weighted by molar-refractivity contribution is -0.142. The van der Waals surface area contributed by atoms with Crippen molar-refractivity contribution < 1.29 is 19.4 Å². The average molecular weight is 243 g/mol. The van der Waals surface area contributed by atoms with E-state index in [1.807, 2.05) is 0 Å². The van der Waals surface area contributed by atoms with Gasteiger partial charge in [-0.15, -0.1) is 11.3 Å². The molecule has 0 aliphatic carbocycles. The number of carboxylic acids is 1. The van der Waals surface area contributed by atoms with Crippen LogP contribution in [-0.2, 0) is 16.1 Å². The second-order valence-corrected chi connectivity index (χ2v) is 3.90. The number of nitrogens with one attached hydrogen (secondary N) is 1. The number of carbonyl (C=O) groups excluding carboxylic acids is 1. The molecule has 1 aromatic heterocycles. The Morgan fingerprint density at radius 3 is 2.94 bits per heavy atom. The summed E-state index contributed by atoms with van der Waals surface area (Å²) in [6.45, 7) is 2.52. The summed E-state index contributed by atoms with van der Waals surface area (Å²) in [5, 5.41) is 13.4. The zero-order valence-corrected chi connectivity index (χ0v) is 9.67. The van der Waals surface area contributed by atoms with Gasteiger partial charge in [-0.2, -0.15) is 0 Å². The quantitative estimate of drug-likeness (QED) is 0.732. The molecule has 0 radical (unpaired) electrons. The van der Waals surface area contributed by atoms with Crippen molar-refractivity contribution in [2.45, 2.75) is 13.5 Å². The van der Waals surface area contributed by atoms with E-state index in [1.165, 1.54) is 11.3 Å². The minimum Gasteiger partial charge on any atom is -0.477 e. The number of aromatic carboxylic acids is 1. The van der Waals surface area contributed by atoms with Crippen molar-refractivity contribution >= 4 is 23.3 Å². The number of hydrogen-bond donors (Lipinski definition) is 2. The summed E-state index contributed by atoms with van der Waals surface area (Å²) in [6, 6.07) is 1.73. The molecule has 0 unspecified atom stereocenters. The number of carbonyl (C=O) groups is 2. The number of esters is 1. The Morgan fingerprint density at radius 2 is 2.31 bits per heavy atom. The van der Waals surface area contributed by atoms with Crippen LogP contribution >= 0.6 is 11.3 Å². The van der Waals surface area contributed by atoms with E-state index in [2.05, 4.69) is 5.32 Å². The van der Waals surface area contributed by atoms with Crippen LogP contribution in [0.3, 0.4) is 0 Å². The largest absolute Gasteiger partial charge is 0.477 e. The summed E-state index contributed by atoms with van der Waals surface area (Å²) in [4.78, 5) is 22.1. The molecule has 16 heavy (non-hydrogen) atoms. The van der Waals surface area contributed by atoms with Gasteiger partial charge in [-0.1, -0.05) is 0 Å². The van der Waals surface area contributed by atoms with Crippen molar-refractivity contribution in [3.05, 3.63) is 21.9 Å². The van der Waals surface area contributed by atoms with Crippen molar-refractivity contribution in [2.24, 2.45) is 0 Å². The molecule has 0 atom stereocenters. The zero-order valence-electron chi connectivity index (χ0n) is 8.86. The first-order valence-electron chi connectivity index (χ1n) is 4.81. The second kappa shape index (κ2) is 6.24. The van der Waals surface area contributed by atoms with Crippen molar-refractivity contribution in [3.8, 4) is 0 Å².